The summed E-state index contributed by atoms with van der Waals surface area (Å²) in [5.74, 6) is -0.243. The van der Waals surface area contributed by atoms with E-state index in [1.807, 2.05) is 12.1 Å². The molecule has 0 aliphatic heterocycles. The van der Waals surface area contributed by atoms with Crippen LogP contribution in [0.5, 0.6) is 0 Å². The number of urea groups is 1. The van der Waals surface area contributed by atoms with Crippen LogP contribution in [0.4, 0.5) is 16.2 Å². The second kappa shape index (κ2) is 7.85. The molecule has 2 aromatic rings. The predicted molar refractivity (Wildman–Crippen MR) is 101 cm³/mol. The van der Waals surface area contributed by atoms with Crippen molar-refractivity contribution in [3.05, 3.63) is 65.2 Å². The van der Waals surface area contributed by atoms with Crippen LogP contribution < -0.4 is 16.0 Å². The monoisotopic (exact) mass is 355 g/mol. The van der Waals surface area contributed by atoms with E-state index < -0.39 is 0 Å². The van der Waals surface area contributed by atoms with Crippen LogP contribution in [-0.4, -0.2) is 18.0 Å². The molecule has 0 spiro atoms. The number of nitrogens with one attached hydrogen (secondary N) is 3. The second-order valence-electron chi connectivity index (χ2n) is 5.83. The van der Waals surface area contributed by atoms with E-state index in [1.54, 1.807) is 42.5 Å². The van der Waals surface area contributed by atoms with E-state index in [1.165, 1.54) is 6.08 Å². The van der Waals surface area contributed by atoms with Crippen LogP contribution in [0.3, 0.4) is 0 Å². The lowest BCUT2D eigenvalue weighted by molar-refractivity contribution is -0.111. The molecule has 3 N–H and O–H groups in total. The molecular formula is C19H18ClN3O2. The zero-order valence-electron chi connectivity index (χ0n) is 13.5. The van der Waals surface area contributed by atoms with Gasteiger partial charge in [-0.3, -0.25) is 4.79 Å². The van der Waals surface area contributed by atoms with Gasteiger partial charge in [-0.25, -0.2) is 4.79 Å². The minimum Gasteiger partial charge on any atom is -0.335 e. The fourth-order valence-electron chi connectivity index (χ4n) is 2.18. The maximum atomic E-state index is 12.0. The first-order valence-electron chi connectivity index (χ1n) is 8.01. The molecule has 0 aromatic heterocycles. The van der Waals surface area contributed by atoms with Crippen LogP contribution in [0, 0.1) is 0 Å². The molecule has 5 nitrogen and oxygen atoms in total. The summed E-state index contributed by atoms with van der Waals surface area (Å²) < 4.78 is 0. The van der Waals surface area contributed by atoms with Gasteiger partial charge in [0.15, 0.2) is 0 Å². The van der Waals surface area contributed by atoms with Crippen molar-refractivity contribution in [2.24, 2.45) is 0 Å². The molecular weight excluding hydrogens is 338 g/mol. The Kier molecular flexibility index (Phi) is 5.36. The number of hydrogen-bond donors (Lipinski definition) is 3. The third-order valence-corrected chi connectivity index (χ3v) is 3.83. The summed E-state index contributed by atoms with van der Waals surface area (Å²) in [5.41, 5.74) is 2.17. The van der Waals surface area contributed by atoms with Crippen molar-refractivity contribution in [2.75, 3.05) is 10.6 Å². The van der Waals surface area contributed by atoms with Crippen LogP contribution in [0.15, 0.2) is 54.6 Å². The minimum absolute atomic E-state index is 0.205. The van der Waals surface area contributed by atoms with Crippen molar-refractivity contribution in [1.29, 1.82) is 0 Å². The first-order chi connectivity index (χ1) is 12.1. The lowest BCUT2D eigenvalue weighted by atomic mass is 10.2. The van der Waals surface area contributed by atoms with E-state index in [0.29, 0.717) is 22.4 Å². The highest BCUT2D eigenvalue weighted by Gasteiger charge is 2.23. The Hall–Kier alpha value is -2.79. The van der Waals surface area contributed by atoms with E-state index in [4.69, 9.17) is 11.6 Å². The molecule has 0 saturated heterocycles. The first-order valence-corrected chi connectivity index (χ1v) is 8.38. The SMILES string of the molecule is O=C(/C=C/c1cccc(Cl)c1)Nc1ccc(NC(=O)NC2CC2)cc1. The zero-order chi connectivity index (χ0) is 17.6. The summed E-state index contributed by atoms with van der Waals surface area (Å²) in [7, 11) is 0. The van der Waals surface area contributed by atoms with Crippen molar-refractivity contribution in [3.63, 3.8) is 0 Å². The standard InChI is InChI=1S/C19H18ClN3O2/c20-14-3-1-2-13(12-14)4-11-18(24)21-15-5-7-16(8-6-15)22-19(25)23-17-9-10-17/h1-8,11-12,17H,9-10H2,(H,21,24)(H2,22,23,25)/b11-4+. The topological polar surface area (TPSA) is 70.2 Å². The van der Waals surface area contributed by atoms with E-state index in [0.717, 1.165) is 18.4 Å². The smallest absolute Gasteiger partial charge is 0.319 e. The predicted octanol–water partition coefficient (Wildman–Crippen LogP) is 4.28. The molecule has 6 heteroatoms. The lowest BCUT2D eigenvalue weighted by Crippen LogP contribution is -2.30. The van der Waals surface area contributed by atoms with Crippen molar-refractivity contribution in [1.82, 2.24) is 5.32 Å². The number of amides is 3. The van der Waals surface area contributed by atoms with Gasteiger partial charge in [0.05, 0.1) is 0 Å². The van der Waals surface area contributed by atoms with Crippen molar-refractivity contribution in [3.8, 4) is 0 Å². The summed E-state index contributed by atoms with van der Waals surface area (Å²) in [6.45, 7) is 0. The Morgan fingerprint density at radius 2 is 1.68 bits per heavy atom. The second-order valence-corrected chi connectivity index (χ2v) is 6.26. The van der Waals surface area contributed by atoms with Gasteiger partial charge >= 0.3 is 6.03 Å². The van der Waals surface area contributed by atoms with Gasteiger partial charge in [-0.05, 0) is 60.9 Å². The number of carbonyl (C=O) groups excluding carboxylic acids is 2. The lowest BCUT2D eigenvalue weighted by Gasteiger charge is -2.08. The van der Waals surface area contributed by atoms with E-state index in [-0.39, 0.29) is 11.9 Å². The van der Waals surface area contributed by atoms with Gasteiger partial charge in [-0.15, -0.1) is 0 Å². The molecule has 1 saturated carbocycles. The molecule has 0 unspecified atom stereocenters. The summed E-state index contributed by atoms with van der Waals surface area (Å²) in [5, 5.41) is 8.99. The molecule has 1 aliphatic rings. The molecule has 0 atom stereocenters. The Morgan fingerprint density at radius 1 is 1.00 bits per heavy atom. The van der Waals surface area contributed by atoms with Crippen molar-refractivity contribution >= 4 is 41.0 Å². The number of anilines is 2. The molecule has 128 valence electrons. The van der Waals surface area contributed by atoms with E-state index >= 15 is 0 Å². The molecule has 1 fully saturated rings. The Bertz CT molecular complexity index is 799. The molecule has 0 radical (unpaired) electrons. The molecule has 0 bridgehead atoms. The van der Waals surface area contributed by atoms with Gasteiger partial charge in [0.1, 0.15) is 0 Å². The molecule has 2 aromatic carbocycles. The summed E-state index contributed by atoms with van der Waals surface area (Å²) >= 11 is 5.90. The van der Waals surface area contributed by atoms with Gasteiger partial charge < -0.3 is 16.0 Å². The maximum Gasteiger partial charge on any atom is 0.319 e. The summed E-state index contributed by atoms with van der Waals surface area (Å²) in [6.07, 6.45) is 5.22. The van der Waals surface area contributed by atoms with Crippen LogP contribution in [0.25, 0.3) is 6.08 Å². The Balaban J connectivity index is 1.51. The van der Waals surface area contributed by atoms with Crippen LogP contribution >= 0.6 is 11.6 Å². The van der Waals surface area contributed by atoms with Crippen LogP contribution in [0.1, 0.15) is 18.4 Å². The molecule has 1 aliphatic carbocycles. The third-order valence-electron chi connectivity index (χ3n) is 3.60. The van der Waals surface area contributed by atoms with Crippen LogP contribution in [-0.2, 0) is 4.79 Å². The average Bonchev–Trinajstić information content (AvgIpc) is 3.39. The van der Waals surface area contributed by atoms with Crippen LogP contribution in [0.2, 0.25) is 5.02 Å². The molecule has 0 heterocycles. The van der Waals surface area contributed by atoms with Gasteiger partial charge in [-0.1, -0.05) is 23.7 Å². The fraction of sp³-hybridized carbons (Fsp3) is 0.158. The highest BCUT2D eigenvalue weighted by molar-refractivity contribution is 6.30. The van der Waals surface area contributed by atoms with Crippen molar-refractivity contribution < 1.29 is 9.59 Å². The summed E-state index contributed by atoms with van der Waals surface area (Å²) in [6, 6.07) is 14.3. The van der Waals surface area contributed by atoms with Crippen molar-refractivity contribution in [2.45, 2.75) is 18.9 Å². The molecule has 25 heavy (non-hydrogen) atoms. The highest BCUT2D eigenvalue weighted by atomic mass is 35.5. The normalized spacial score (nSPS) is 13.5. The number of halogens is 1. The number of benzene rings is 2. The maximum absolute atomic E-state index is 12.0. The fourth-order valence-corrected chi connectivity index (χ4v) is 2.38. The van der Waals surface area contributed by atoms with E-state index in [9.17, 15) is 9.59 Å². The highest BCUT2D eigenvalue weighted by Crippen LogP contribution is 2.19. The van der Waals surface area contributed by atoms with E-state index in [2.05, 4.69) is 16.0 Å². The van der Waals surface area contributed by atoms with Gasteiger partial charge in [0, 0.05) is 28.5 Å². The molecule has 3 rings (SSSR count). The van der Waals surface area contributed by atoms with Gasteiger partial charge in [0.2, 0.25) is 5.91 Å². The molecule has 3 amide bonds. The Labute approximate surface area is 151 Å². The number of hydrogen-bond acceptors (Lipinski definition) is 2. The third kappa shape index (κ3) is 5.65. The largest absolute Gasteiger partial charge is 0.335 e. The van der Waals surface area contributed by atoms with Gasteiger partial charge in [-0.2, -0.15) is 0 Å². The number of carbonyl (C=O) groups is 2. The zero-order valence-corrected chi connectivity index (χ0v) is 14.2. The quantitative estimate of drug-likeness (QED) is 0.701. The number of rotatable bonds is 5. The van der Waals surface area contributed by atoms with Gasteiger partial charge in [0.25, 0.3) is 0 Å². The summed E-state index contributed by atoms with van der Waals surface area (Å²) in [4.78, 5) is 23.6. The Morgan fingerprint density at radius 3 is 2.32 bits per heavy atom. The first kappa shape index (κ1) is 17.0. The average molecular weight is 356 g/mol. The minimum atomic E-state index is -0.243.